The zero-order valence-electron chi connectivity index (χ0n) is 9.16. The van der Waals surface area contributed by atoms with Crippen molar-refractivity contribution in [2.75, 3.05) is 37.4 Å². The van der Waals surface area contributed by atoms with Gasteiger partial charge in [-0.1, -0.05) is 0 Å². The fourth-order valence-corrected chi connectivity index (χ4v) is 3.32. The molecule has 4 nitrogen and oxygen atoms in total. The number of hydrogen-bond acceptors (Lipinski definition) is 4. The van der Waals surface area contributed by atoms with Crippen molar-refractivity contribution < 1.29 is 8.42 Å². The first-order chi connectivity index (χ1) is 7.08. The van der Waals surface area contributed by atoms with E-state index >= 15 is 0 Å². The number of thioether (sulfide) groups is 1. The van der Waals surface area contributed by atoms with Crippen molar-refractivity contribution in [3.8, 4) is 0 Å². The van der Waals surface area contributed by atoms with Crippen LogP contribution in [-0.4, -0.2) is 45.8 Å². The second-order valence-corrected chi connectivity index (χ2v) is 6.94. The van der Waals surface area contributed by atoms with Crippen LogP contribution in [0, 0.1) is 5.92 Å². The van der Waals surface area contributed by atoms with Crippen molar-refractivity contribution in [2.24, 2.45) is 5.92 Å². The molecule has 1 aliphatic heterocycles. The van der Waals surface area contributed by atoms with Crippen LogP contribution < -0.4 is 10.0 Å². The maximum Gasteiger partial charge on any atom is 0.208 e. The Balaban J connectivity index is 1.89. The number of nitrogens with one attached hydrogen (secondary N) is 2. The summed E-state index contributed by atoms with van der Waals surface area (Å²) in [7, 11) is -3.01. The average Bonchev–Trinajstić information content (AvgIpc) is 2.61. The normalized spacial score (nSPS) is 22.1. The zero-order chi connectivity index (χ0) is 11.1. The lowest BCUT2D eigenvalue weighted by atomic mass is 10.1. The molecule has 0 aromatic heterocycles. The molecule has 0 saturated carbocycles. The van der Waals surface area contributed by atoms with Gasteiger partial charge in [-0.3, -0.25) is 0 Å². The minimum Gasteiger partial charge on any atom is -0.316 e. The van der Waals surface area contributed by atoms with Crippen LogP contribution in [0.5, 0.6) is 0 Å². The molecule has 0 bridgehead atoms. The molecule has 90 valence electrons. The van der Waals surface area contributed by atoms with Gasteiger partial charge < -0.3 is 5.32 Å². The van der Waals surface area contributed by atoms with E-state index in [0.29, 0.717) is 6.54 Å². The van der Waals surface area contributed by atoms with E-state index < -0.39 is 10.0 Å². The molecule has 1 rings (SSSR count). The molecule has 1 atom stereocenters. The van der Waals surface area contributed by atoms with Crippen molar-refractivity contribution in [2.45, 2.75) is 12.8 Å². The summed E-state index contributed by atoms with van der Waals surface area (Å²) in [6.45, 7) is 2.50. The van der Waals surface area contributed by atoms with Gasteiger partial charge in [-0.05, 0) is 43.4 Å². The highest BCUT2D eigenvalue weighted by Gasteiger charge is 2.14. The van der Waals surface area contributed by atoms with Gasteiger partial charge in [-0.15, -0.1) is 0 Å². The molecule has 0 radical (unpaired) electrons. The van der Waals surface area contributed by atoms with E-state index in [1.54, 1.807) is 0 Å². The lowest BCUT2D eigenvalue weighted by Gasteiger charge is -2.09. The summed E-state index contributed by atoms with van der Waals surface area (Å²) in [6, 6.07) is 0. The number of sulfonamides is 1. The smallest absolute Gasteiger partial charge is 0.208 e. The summed E-state index contributed by atoms with van der Waals surface area (Å²) in [5.74, 6) is 3.38. The molecule has 1 heterocycles. The maximum atomic E-state index is 10.7. The quantitative estimate of drug-likeness (QED) is 0.639. The maximum absolute atomic E-state index is 10.7. The van der Waals surface area contributed by atoms with Gasteiger partial charge >= 0.3 is 0 Å². The molecule has 1 aliphatic rings. The Morgan fingerprint density at radius 1 is 1.40 bits per heavy atom. The summed E-state index contributed by atoms with van der Waals surface area (Å²) < 4.78 is 24.0. The van der Waals surface area contributed by atoms with Crippen LogP contribution in [0.3, 0.4) is 0 Å². The largest absolute Gasteiger partial charge is 0.316 e. The van der Waals surface area contributed by atoms with Crippen LogP contribution in [0.2, 0.25) is 0 Å². The lowest BCUT2D eigenvalue weighted by Crippen LogP contribution is -2.28. The Kier molecular flexibility index (Phi) is 5.96. The van der Waals surface area contributed by atoms with Crippen molar-refractivity contribution >= 4 is 21.8 Å². The summed E-state index contributed by atoms with van der Waals surface area (Å²) in [5.41, 5.74) is 0. The first-order valence-corrected chi connectivity index (χ1v) is 8.35. The second kappa shape index (κ2) is 6.73. The van der Waals surface area contributed by atoms with Crippen molar-refractivity contribution in [3.05, 3.63) is 0 Å². The Morgan fingerprint density at radius 3 is 2.80 bits per heavy atom. The van der Waals surface area contributed by atoms with E-state index in [1.165, 1.54) is 24.2 Å². The van der Waals surface area contributed by atoms with Crippen LogP contribution >= 0.6 is 11.8 Å². The molecule has 1 fully saturated rings. The molecule has 2 N–H and O–H groups in total. The van der Waals surface area contributed by atoms with E-state index in [4.69, 9.17) is 0 Å². The second-order valence-electron chi connectivity index (χ2n) is 3.95. The molecule has 15 heavy (non-hydrogen) atoms. The molecule has 0 aromatic carbocycles. The standard InChI is InChI=1S/C9H20N2O2S2/c1-15(12,13)11-5-2-4-10-7-9-3-6-14-8-9/h9-11H,2-8H2,1H3. The van der Waals surface area contributed by atoms with Gasteiger partial charge in [-0.2, -0.15) is 11.8 Å². The van der Waals surface area contributed by atoms with Gasteiger partial charge in [0.05, 0.1) is 6.26 Å². The Labute approximate surface area is 96.6 Å². The predicted molar refractivity (Wildman–Crippen MR) is 65.8 cm³/mol. The van der Waals surface area contributed by atoms with Gasteiger partial charge in [0.2, 0.25) is 10.0 Å². The fourth-order valence-electron chi connectivity index (χ4n) is 1.52. The Hall–Kier alpha value is 0.220. The minimum absolute atomic E-state index is 0.533. The Morgan fingerprint density at radius 2 is 2.20 bits per heavy atom. The van der Waals surface area contributed by atoms with Gasteiger partial charge in [0, 0.05) is 6.54 Å². The van der Waals surface area contributed by atoms with Crippen LogP contribution in [0.4, 0.5) is 0 Å². The third-order valence-electron chi connectivity index (χ3n) is 2.35. The highest BCUT2D eigenvalue weighted by molar-refractivity contribution is 7.99. The minimum atomic E-state index is -3.01. The summed E-state index contributed by atoms with van der Waals surface area (Å²) in [6.07, 6.45) is 3.36. The average molecular weight is 252 g/mol. The molecule has 1 unspecified atom stereocenters. The highest BCUT2D eigenvalue weighted by Crippen LogP contribution is 2.22. The third kappa shape index (κ3) is 7.16. The fraction of sp³-hybridized carbons (Fsp3) is 1.00. The van der Waals surface area contributed by atoms with E-state index in [9.17, 15) is 8.42 Å². The van der Waals surface area contributed by atoms with Crippen LogP contribution in [-0.2, 0) is 10.0 Å². The molecule has 1 saturated heterocycles. The van der Waals surface area contributed by atoms with Crippen LogP contribution in [0.15, 0.2) is 0 Å². The molecule has 0 amide bonds. The number of rotatable bonds is 7. The zero-order valence-corrected chi connectivity index (χ0v) is 10.8. The van der Waals surface area contributed by atoms with Gasteiger partial charge in [-0.25, -0.2) is 13.1 Å². The SMILES string of the molecule is CS(=O)(=O)NCCCNCC1CCSC1. The van der Waals surface area contributed by atoms with Crippen molar-refractivity contribution in [1.82, 2.24) is 10.0 Å². The monoisotopic (exact) mass is 252 g/mol. The van der Waals surface area contributed by atoms with E-state index in [2.05, 4.69) is 10.0 Å². The summed E-state index contributed by atoms with van der Waals surface area (Å²) >= 11 is 2.02. The predicted octanol–water partition coefficient (Wildman–Crippen LogP) is 0.268. The highest BCUT2D eigenvalue weighted by atomic mass is 32.2. The van der Waals surface area contributed by atoms with Crippen LogP contribution in [0.1, 0.15) is 12.8 Å². The molecular weight excluding hydrogens is 232 g/mol. The van der Waals surface area contributed by atoms with Gasteiger partial charge in [0.25, 0.3) is 0 Å². The van der Waals surface area contributed by atoms with E-state index in [0.717, 1.165) is 25.4 Å². The van der Waals surface area contributed by atoms with E-state index in [1.807, 2.05) is 11.8 Å². The first-order valence-electron chi connectivity index (χ1n) is 5.31. The van der Waals surface area contributed by atoms with Gasteiger partial charge in [0.15, 0.2) is 0 Å². The molecule has 0 spiro atoms. The van der Waals surface area contributed by atoms with Crippen molar-refractivity contribution in [1.29, 1.82) is 0 Å². The lowest BCUT2D eigenvalue weighted by molar-refractivity contribution is 0.515. The molecule has 0 aliphatic carbocycles. The summed E-state index contributed by atoms with van der Waals surface area (Å²) in [4.78, 5) is 0. The number of hydrogen-bond donors (Lipinski definition) is 2. The van der Waals surface area contributed by atoms with Gasteiger partial charge in [0.1, 0.15) is 0 Å². The molecule has 0 aromatic rings. The first kappa shape index (κ1) is 13.3. The van der Waals surface area contributed by atoms with Crippen molar-refractivity contribution in [3.63, 3.8) is 0 Å². The molecular formula is C9H20N2O2S2. The van der Waals surface area contributed by atoms with E-state index in [-0.39, 0.29) is 0 Å². The third-order valence-corrected chi connectivity index (χ3v) is 4.31. The summed E-state index contributed by atoms with van der Waals surface area (Å²) in [5, 5.41) is 3.37. The van der Waals surface area contributed by atoms with Crippen LogP contribution in [0.25, 0.3) is 0 Å². The topological polar surface area (TPSA) is 58.2 Å². The Bertz CT molecular complexity index is 261. The molecule has 6 heteroatoms.